The van der Waals surface area contributed by atoms with Gasteiger partial charge in [-0.3, -0.25) is 10.1 Å². The number of rotatable bonds is 4. The van der Waals surface area contributed by atoms with Crippen LogP contribution in [0, 0.1) is 13.8 Å². The number of amides is 1. The number of carbonyl (C=O) groups is 2. The van der Waals surface area contributed by atoms with Crippen LogP contribution in [0.5, 0.6) is 0 Å². The van der Waals surface area contributed by atoms with Gasteiger partial charge in [-0.1, -0.05) is 5.10 Å². The predicted octanol–water partition coefficient (Wildman–Crippen LogP) is 2.10. The fourth-order valence-corrected chi connectivity index (χ4v) is 2.40. The Kier molecular flexibility index (Phi) is 3.94. The first-order valence-corrected chi connectivity index (χ1v) is 6.40. The number of carboxylic acids is 1. The molecule has 0 fully saturated rings. The molecule has 2 aromatic heterocycles. The molecule has 1 amide bonds. The Labute approximate surface area is 117 Å². The number of aliphatic carboxylic acids is 1. The van der Waals surface area contributed by atoms with Crippen molar-refractivity contribution in [3.8, 4) is 0 Å². The first-order valence-electron chi connectivity index (χ1n) is 5.58. The summed E-state index contributed by atoms with van der Waals surface area (Å²) in [7, 11) is 0. The number of nitrogens with one attached hydrogen (secondary N) is 1. The van der Waals surface area contributed by atoms with Gasteiger partial charge in [-0.15, -0.1) is 16.4 Å². The van der Waals surface area contributed by atoms with Crippen LogP contribution in [0.4, 0.5) is 6.01 Å². The zero-order valence-corrected chi connectivity index (χ0v) is 11.5. The number of hydrogen-bond acceptors (Lipinski definition) is 6. The molecule has 2 rings (SSSR count). The lowest BCUT2D eigenvalue weighted by molar-refractivity contribution is -0.131. The second-order valence-corrected chi connectivity index (χ2v) is 4.99. The van der Waals surface area contributed by atoms with Crippen molar-refractivity contribution >= 4 is 35.3 Å². The summed E-state index contributed by atoms with van der Waals surface area (Å²) < 4.78 is 5.05. The Morgan fingerprint density at radius 3 is 2.75 bits per heavy atom. The van der Waals surface area contributed by atoms with E-state index in [0.29, 0.717) is 15.6 Å². The monoisotopic (exact) mass is 293 g/mol. The largest absolute Gasteiger partial charge is 0.478 e. The molecule has 0 saturated carbocycles. The molecule has 8 heteroatoms. The molecule has 7 nitrogen and oxygen atoms in total. The number of thiophene rings is 1. The SMILES string of the molecule is Cc1nnc(NC(=O)c2cc(C)c(/C=C/C(=O)O)s2)o1. The third-order valence-electron chi connectivity index (χ3n) is 2.30. The first kappa shape index (κ1) is 13.9. The van der Waals surface area contributed by atoms with Crippen LogP contribution in [0.1, 0.15) is 26.0 Å². The van der Waals surface area contributed by atoms with E-state index < -0.39 is 5.97 Å². The Balaban J connectivity index is 2.15. The fraction of sp³-hybridized carbons (Fsp3) is 0.167. The van der Waals surface area contributed by atoms with Crippen molar-refractivity contribution in [3.05, 3.63) is 33.4 Å². The van der Waals surface area contributed by atoms with E-state index in [-0.39, 0.29) is 11.9 Å². The van der Waals surface area contributed by atoms with Crippen molar-refractivity contribution in [2.75, 3.05) is 5.32 Å². The molecule has 0 bridgehead atoms. The molecule has 0 saturated heterocycles. The Hall–Kier alpha value is -2.48. The van der Waals surface area contributed by atoms with Crippen LogP contribution >= 0.6 is 11.3 Å². The molecule has 2 heterocycles. The highest BCUT2D eigenvalue weighted by Gasteiger charge is 2.14. The lowest BCUT2D eigenvalue weighted by atomic mass is 10.2. The molecule has 0 spiro atoms. The van der Waals surface area contributed by atoms with E-state index >= 15 is 0 Å². The number of hydrogen-bond donors (Lipinski definition) is 2. The zero-order valence-electron chi connectivity index (χ0n) is 10.7. The summed E-state index contributed by atoms with van der Waals surface area (Å²) in [4.78, 5) is 23.6. The number of carbonyl (C=O) groups excluding carboxylic acids is 1. The molecule has 0 aliphatic rings. The van der Waals surface area contributed by atoms with Crippen LogP contribution in [0.15, 0.2) is 16.6 Å². The molecule has 0 aliphatic heterocycles. The van der Waals surface area contributed by atoms with E-state index in [1.54, 1.807) is 19.9 Å². The van der Waals surface area contributed by atoms with E-state index in [9.17, 15) is 9.59 Å². The standard InChI is InChI=1S/C12H11N3O4S/c1-6-5-9(20-8(6)3-4-10(16)17)11(18)13-12-15-14-7(2)19-12/h3-5H,1-2H3,(H,16,17)(H,13,15,18)/b4-3+. The van der Waals surface area contributed by atoms with Gasteiger partial charge in [-0.05, 0) is 24.6 Å². The molecule has 0 aromatic carbocycles. The fourth-order valence-electron chi connectivity index (χ4n) is 1.43. The molecule has 2 N–H and O–H groups in total. The second-order valence-electron chi connectivity index (χ2n) is 3.91. The van der Waals surface area contributed by atoms with Gasteiger partial charge < -0.3 is 9.52 Å². The van der Waals surface area contributed by atoms with Crippen LogP contribution < -0.4 is 5.32 Å². The lowest BCUT2D eigenvalue weighted by Gasteiger charge is -1.95. The topological polar surface area (TPSA) is 105 Å². The third-order valence-corrected chi connectivity index (χ3v) is 3.50. The highest BCUT2D eigenvalue weighted by molar-refractivity contribution is 7.15. The number of aromatic nitrogens is 2. The van der Waals surface area contributed by atoms with Gasteiger partial charge in [0.2, 0.25) is 5.89 Å². The third kappa shape index (κ3) is 3.29. The lowest BCUT2D eigenvalue weighted by Crippen LogP contribution is -2.10. The number of aryl methyl sites for hydroxylation is 2. The Bertz CT molecular complexity index is 687. The van der Waals surface area contributed by atoms with Crippen molar-refractivity contribution in [1.29, 1.82) is 0 Å². The number of carboxylic acid groups (broad SMARTS) is 1. The van der Waals surface area contributed by atoms with Crippen LogP contribution in [-0.2, 0) is 4.79 Å². The van der Waals surface area contributed by atoms with Gasteiger partial charge in [0.1, 0.15) is 0 Å². The maximum absolute atomic E-state index is 12.0. The quantitative estimate of drug-likeness (QED) is 0.836. The summed E-state index contributed by atoms with van der Waals surface area (Å²) >= 11 is 1.18. The van der Waals surface area contributed by atoms with E-state index in [4.69, 9.17) is 9.52 Å². The maximum atomic E-state index is 12.0. The Morgan fingerprint density at radius 1 is 1.40 bits per heavy atom. The molecule has 0 unspecified atom stereocenters. The minimum Gasteiger partial charge on any atom is -0.478 e. The average Bonchev–Trinajstić information content (AvgIpc) is 2.93. The average molecular weight is 293 g/mol. The predicted molar refractivity (Wildman–Crippen MR) is 72.7 cm³/mol. The summed E-state index contributed by atoms with van der Waals surface area (Å²) in [5, 5.41) is 18.3. The minimum absolute atomic E-state index is 0.0289. The van der Waals surface area contributed by atoms with Crippen molar-refractivity contribution in [2.45, 2.75) is 13.8 Å². The van der Waals surface area contributed by atoms with Crippen LogP contribution in [0.3, 0.4) is 0 Å². The minimum atomic E-state index is -1.04. The summed E-state index contributed by atoms with van der Waals surface area (Å²) in [5.74, 6) is -1.06. The summed E-state index contributed by atoms with van der Waals surface area (Å²) in [5.41, 5.74) is 0.819. The molecule has 20 heavy (non-hydrogen) atoms. The summed E-state index contributed by atoms with van der Waals surface area (Å²) in [6.07, 6.45) is 2.48. The van der Waals surface area contributed by atoms with E-state index in [0.717, 1.165) is 11.6 Å². The molecule has 104 valence electrons. The van der Waals surface area contributed by atoms with Crippen molar-refractivity contribution in [2.24, 2.45) is 0 Å². The molecular formula is C12H11N3O4S. The van der Waals surface area contributed by atoms with Gasteiger partial charge in [0.05, 0.1) is 4.88 Å². The smallest absolute Gasteiger partial charge is 0.328 e. The van der Waals surface area contributed by atoms with Crippen LogP contribution in [0.2, 0.25) is 0 Å². The summed E-state index contributed by atoms with van der Waals surface area (Å²) in [6, 6.07) is 1.70. The zero-order chi connectivity index (χ0) is 14.7. The van der Waals surface area contributed by atoms with Gasteiger partial charge in [0.25, 0.3) is 5.91 Å². The van der Waals surface area contributed by atoms with E-state index in [2.05, 4.69) is 15.5 Å². The van der Waals surface area contributed by atoms with Gasteiger partial charge >= 0.3 is 12.0 Å². The number of nitrogens with zero attached hydrogens (tertiary/aromatic N) is 2. The Morgan fingerprint density at radius 2 is 2.15 bits per heavy atom. The van der Waals surface area contributed by atoms with Crippen molar-refractivity contribution in [3.63, 3.8) is 0 Å². The first-order chi connectivity index (χ1) is 9.45. The normalized spacial score (nSPS) is 10.9. The van der Waals surface area contributed by atoms with Gasteiger partial charge in [0.15, 0.2) is 0 Å². The van der Waals surface area contributed by atoms with Gasteiger partial charge in [0, 0.05) is 17.9 Å². The van der Waals surface area contributed by atoms with Gasteiger partial charge in [-0.2, -0.15) is 0 Å². The highest BCUT2D eigenvalue weighted by atomic mass is 32.1. The maximum Gasteiger partial charge on any atom is 0.328 e. The highest BCUT2D eigenvalue weighted by Crippen LogP contribution is 2.24. The summed E-state index contributed by atoms with van der Waals surface area (Å²) in [6.45, 7) is 3.42. The van der Waals surface area contributed by atoms with Crippen LogP contribution in [0.25, 0.3) is 6.08 Å². The van der Waals surface area contributed by atoms with E-state index in [1.165, 1.54) is 17.4 Å². The molecule has 0 aliphatic carbocycles. The second kappa shape index (κ2) is 5.66. The van der Waals surface area contributed by atoms with E-state index in [1.807, 2.05) is 0 Å². The van der Waals surface area contributed by atoms with Crippen molar-refractivity contribution < 1.29 is 19.1 Å². The molecule has 0 radical (unpaired) electrons. The van der Waals surface area contributed by atoms with Gasteiger partial charge in [-0.25, -0.2) is 4.79 Å². The molecule has 0 atom stereocenters. The van der Waals surface area contributed by atoms with Crippen molar-refractivity contribution in [1.82, 2.24) is 10.2 Å². The number of anilines is 1. The molecular weight excluding hydrogens is 282 g/mol. The molecule has 2 aromatic rings. The van der Waals surface area contributed by atoms with Crippen LogP contribution in [-0.4, -0.2) is 27.2 Å².